The molecule has 0 amide bonds. The van der Waals surface area contributed by atoms with E-state index in [-0.39, 0.29) is 0 Å². The average Bonchev–Trinajstić information content (AvgIpc) is 2.81. The molecule has 0 atom stereocenters. The van der Waals surface area contributed by atoms with Gasteiger partial charge in [-0.05, 0) is 19.8 Å². The van der Waals surface area contributed by atoms with E-state index in [9.17, 15) is 4.79 Å². The Morgan fingerprint density at radius 2 is 2.32 bits per heavy atom. The van der Waals surface area contributed by atoms with Crippen molar-refractivity contribution in [3.05, 3.63) is 17.6 Å². The standard InChI is InChI=1S/C14H20N4O/c1-3-6-12-17-13-10(2)11(9-16-14(13)18-12)15-7-4-5-8-19/h8-9,15H,3-7H2,1-2H3,(H,16,17,18). The largest absolute Gasteiger partial charge is 0.384 e. The summed E-state index contributed by atoms with van der Waals surface area (Å²) in [6.45, 7) is 4.97. The van der Waals surface area contributed by atoms with Crippen LogP contribution < -0.4 is 5.32 Å². The Morgan fingerprint density at radius 3 is 3.05 bits per heavy atom. The Kier molecular flexibility index (Phi) is 4.49. The SMILES string of the molecule is CCCc1nc2ncc(NCCCC=O)c(C)c2[nH]1. The second-order valence-electron chi connectivity index (χ2n) is 4.66. The number of aromatic amines is 1. The predicted molar refractivity (Wildman–Crippen MR) is 76.4 cm³/mol. The number of anilines is 1. The summed E-state index contributed by atoms with van der Waals surface area (Å²) in [7, 11) is 0. The van der Waals surface area contributed by atoms with E-state index in [0.717, 1.165) is 60.3 Å². The van der Waals surface area contributed by atoms with Crippen molar-refractivity contribution >= 4 is 23.1 Å². The number of nitrogens with zero attached hydrogens (tertiary/aromatic N) is 2. The Balaban J connectivity index is 2.16. The number of imidazole rings is 1. The smallest absolute Gasteiger partial charge is 0.178 e. The highest BCUT2D eigenvalue weighted by molar-refractivity contribution is 5.80. The molecule has 0 fully saturated rings. The van der Waals surface area contributed by atoms with Crippen LogP contribution in [0.4, 0.5) is 5.69 Å². The van der Waals surface area contributed by atoms with Crippen molar-refractivity contribution in [2.75, 3.05) is 11.9 Å². The van der Waals surface area contributed by atoms with E-state index < -0.39 is 0 Å². The first-order chi connectivity index (χ1) is 9.26. The maximum atomic E-state index is 10.3. The van der Waals surface area contributed by atoms with Crippen LogP contribution in [0, 0.1) is 6.92 Å². The molecule has 2 rings (SSSR count). The summed E-state index contributed by atoms with van der Waals surface area (Å²) in [6, 6.07) is 0. The van der Waals surface area contributed by atoms with Crippen molar-refractivity contribution in [2.24, 2.45) is 0 Å². The quantitative estimate of drug-likeness (QED) is 0.593. The van der Waals surface area contributed by atoms with Crippen LogP contribution in [0.15, 0.2) is 6.20 Å². The maximum absolute atomic E-state index is 10.3. The molecule has 2 aromatic heterocycles. The van der Waals surface area contributed by atoms with Crippen LogP contribution in [0.25, 0.3) is 11.2 Å². The van der Waals surface area contributed by atoms with Crippen LogP contribution in [0.1, 0.15) is 37.6 Å². The monoisotopic (exact) mass is 260 g/mol. The van der Waals surface area contributed by atoms with Gasteiger partial charge in [0.15, 0.2) is 5.65 Å². The van der Waals surface area contributed by atoms with Crippen LogP contribution in [-0.2, 0) is 11.2 Å². The molecular formula is C14H20N4O. The number of aryl methyl sites for hydroxylation is 2. The Labute approximate surface area is 112 Å². The second-order valence-corrected chi connectivity index (χ2v) is 4.66. The van der Waals surface area contributed by atoms with Gasteiger partial charge < -0.3 is 15.1 Å². The molecule has 2 heterocycles. The molecule has 0 bridgehead atoms. The zero-order valence-corrected chi connectivity index (χ0v) is 11.5. The number of nitrogens with one attached hydrogen (secondary N) is 2. The topological polar surface area (TPSA) is 70.7 Å². The molecule has 0 aliphatic rings. The van der Waals surface area contributed by atoms with Gasteiger partial charge in [0.1, 0.15) is 12.1 Å². The van der Waals surface area contributed by atoms with Crippen molar-refractivity contribution in [3.8, 4) is 0 Å². The Hall–Kier alpha value is -1.91. The van der Waals surface area contributed by atoms with E-state index in [0.29, 0.717) is 6.42 Å². The third-order valence-corrected chi connectivity index (χ3v) is 3.13. The molecule has 0 radical (unpaired) electrons. The van der Waals surface area contributed by atoms with Gasteiger partial charge in [-0.1, -0.05) is 6.92 Å². The normalized spacial score (nSPS) is 10.8. The highest BCUT2D eigenvalue weighted by atomic mass is 16.1. The third-order valence-electron chi connectivity index (χ3n) is 3.13. The lowest BCUT2D eigenvalue weighted by molar-refractivity contribution is -0.107. The zero-order valence-electron chi connectivity index (χ0n) is 11.5. The molecule has 19 heavy (non-hydrogen) atoms. The van der Waals surface area contributed by atoms with E-state index in [1.165, 1.54) is 0 Å². The minimum Gasteiger partial charge on any atom is -0.384 e. The minimum absolute atomic E-state index is 0.590. The van der Waals surface area contributed by atoms with Gasteiger partial charge in [-0.3, -0.25) is 0 Å². The molecule has 0 unspecified atom stereocenters. The Morgan fingerprint density at radius 1 is 1.47 bits per heavy atom. The molecule has 5 nitrogen and oxygen atoms in total. The molecular weight excluding hydrogens is 240 g/mol. The fraction of sp³-hybridized carbons (Fsp3) is 0.500. The number of fused-ring (bicyclic) bond motifs is 1. The van der Waals surface area contributed by atoms with Crippen LogP contribution in [0.2, 0.25) is 0 Å². The maximum Gasteiger partial charge on any atom is 0.178 e. The van der Waals surface area contributed by atoms with Crippen molar-refractivity contribution < 1.29 is 4.79 Å². The van der Waals surface area contributed by atoms with E-state index in [1.807, 2.05) is 6.20 Å². The number of aldehydes is 1. The molecule has 2 N–H and O–H groups in total. The summed E-state index contributed by atoms with van der Waals surface area (Å²) < 4.78 is 0. The molecule has 2 aromatic rings. The van der Waals surface area contributed by atoms with Crippen molar-refractivity contribution in [1.29, 1.82) is 0 Å². The third kappa shape index (κ3) is 3.10. The number of pyridine rings is 1. The van der Waals surface area contributed by atoms with Crippen LogP contribution in [0.5, 0.6) is 0 Å². The van der Waals surface area contributed by atoms with E-state index in [4.69, 9.17) is 0 Å². The van der Waals surface area contributed by atoms with Gasteiger partial charge in [-0.15, -0.1) is 0 Å². The number of unbranched alkanes of at least 4 members (excludes halogenated alkanes) is 1. The van der Waals surface area contributed by atoms with Crippen LogP contribution in [0.3, 0.4) is 0 Å². The number of hydrogen-bond acceptors (Lipinski definition) is 4. The molecule has 0 aromatic carbocycles. The molecule has 102 valence electrons. The fourth-order valence-electron chi connectivity index (χ4n) is 2.07. The van der Waals surface area contributed by atoms with Crippen LogP contribution >= 0.6 is 0 Å². The van der Waals surface area contributed by atoms with Gasteiger partial charge in [-0.2, -0.15) is 0 Å². The lowest BCUT2D eigenvalue weighted by atomic mass is 10.2. The van der Waals surface area contributed by atoms with Gasteiger partial charge in [0, 0.05) is 24.9 Å². The number of carbonyl (C=O) groups excluding carboxylic acids is 1. The summed E-state index contributed by atoms with van der Waals surface area (Å²) in [5.41, 5.74) is 3.92. The number of rotatable bonds is 7. The zero-order chi connectivity index (χ0) is 13.7. The molecule has 0 saturated carbocycles. The lowest BCUT2D eigenvalue weighted by Crippen LogP contribution is -2.04. The van der Waals surface area contributed by atoms with Gasteiger partial charge >= 0.3 is 0 Å². The van der Waals surface area contributed by atoms with E-state index in [2.05, 4.69) is 34.1 Å². The molecule has 5 heteroatoms. The fourth-order valence-corrected chi connectivity index (χ4v) is 2.07. The first kappa shape index (κ1) is 13.5. The van der Waals surface area contributed by atoms with Gasteiger partial charge in [0.2, 0.25) is 0 Å². The first-order valence-electron chi connectivity index (χ1n) is 6.78. The number of aromatic nitrogens is 3. The summed E-state index contributed by atoms with van der Waals surface area (Å²) in [5.74, 6) is 0.992. The average molecular weight is 260 g/mol. The van der Waals surface area contributed by atoms with Gasteiger partial charge in [0.25, 0.3) is 0 Å². The highest BCUT2D eigenvalue weighted by Gasteiger charge is 2.09. The lowest BCUT2D eigenvalue weighted by Gasteiger charge is -2.08. The molecule has 0 aliphatic carbocycles. The van der Waals surface area contributed by atoms with E-state index >= 15 is 0 Å². The number of carbonyl (C=O) groups is 1. The van der Waals surface area contributed by atoms with Crippen molar-refractivity contribution in [2.45, 2.75) is 39.5 Å². The van der Waals surface area contributed by atoms with Crippen LogP contribution in [-0.4, -0.2) is 27.8 Å². The molecule has 0 saturated heterocycles. The highest BCUT2D eigenvalue weighted by Crippen LogP contribution is 2.22. The molecule has 0 aliphatic heterocycles. The summed E-state index contributed by atoms with van der Waals surface area (Å²) in [5, 5.41) is 3.31. The van der Waals surface area contributed by atoms with Gasteiger partial charge in [-0.25, -0.2) is 9.97 Å². The Bertz CT molecular complexity index is 562. The summed E-state index contributed by atoms with van der Waals surface area (Å²) >= 11 is 0. The van der Waals surface area contributed by atoms with E-state index in [1.54, 1.807) is 0 Å². The number of hydrogen-bond donors (Lipinski definition) is 2. The van der Waals surface area contributed by atoms with Gasteiger partial charge in [0.05, 0.1) is 17.4 Å². The number of H-pyrrole nitrogens is 1. The molecule has 0 spiro atoms. The van der Waals surface area contributed by atoms with Crippen molar-refractivity contribution in [3.63, 3.8) is 0 Å². The predicted octanol–water partition coefficient (Wildman–Crippen LogP) is 2.61. The first-order valence-corrected chi connectivity index (χ1v) is 6.78. The second kappa shape index (κ2) is 6.31. The minimum atomic E-state index is 0.590. The van der Waals surface area contributed by atoms with Crippen molar-refractivity contribution in [1.82, 2.24) is 15.0 Å². The summed E-state index contributed by atoms with van der Waals surface area (Å²) in [6.07, 6.45) is 6.20. The summed E-state index contributed by atoms with van der Waals surface area (Å²) in [4.78, 5) is 22.4.